The van der Waals surface area contributed by atoms with Crippen molar-refractivity contribution in [1.29, 1.82) is 0 Å². The van der Waals surface area contributed by atoms with E-state index in [0.29, 0.717) is 36.7 Å². The SMILES string of the molecule is CCNC(=NCc1cccc(OC)c1)NCCNC(=O)c1ccc(C)c(F)c1. The summed E-state index contributed by atoms with van der Waals surface area (Å²) in [4.78, 5) is 16.6. The molecule has 28 heavy (non-hydrogen) atoms. The number of nitrogens with zero attached hydrogens (tertiary/aromatic N) is 1. The van der Waals surface area contributed by atoms with Gasteiger partial charge in [-0.05, 0) is 49.2 Å². The van der Waals surface area contributed by atoms with Crippen LogP contribution in [0.15, 0.2) is 47.5 Å². The van der Waals surface area contributed by atoms with E-state index in [1.807, 2.05) is 31.2 Å². The Morgan fingerprint density at radius 3 is 2.61 bits per heavy atom. The summed E-state index contributed by atoms with van der Waals surface area (Å²) in [5.41, 5.74) is 1.86. The van der Waals surface area contributed by atoms with Crippen LogP contribution in [0.1, 0.15) is 28.4 Å². The van der Waals surface area contributed by atoms with E-state index in [0.717, 1.165) is 17.9 Å². The number of amides is 1. The molecule has 1 amide bonds. The fourth-order valence-corrected chi connectivity index (χ4v) is 2.48. The molecular formula is C21H27FN4O2. The normalized spacial score (nSPS) is 11.1. The maximum atomic E-state index is 13.6. The molecule has 0 aromatic heterocycles. The van der Waals surface area contributed by atoms with Gasteiger partial charge in [-0.25, -0.2) is 9.38 Å². The number of guanidine groups is 1. The molecule has 3 N–H and O–H groups in total. The van der Waals surface area contributed by atoms with E-state index in [1.54, 1.807) is 26.2 Å². The summed E-state index contributed by atoms with van der Waals surface area (Å²) >= 11 is 0. The van der Waals surface area contributed by atoms with Gasteiger partial charge in [0.1, 0.15) is 11.6 Å². The molecule has 2 rings (SSSR count). The largest absolute Gasteiger partial charge is 0.497 e. The highest BCUT2D eigenvalue weighted by molar-refractivity contribution is 5.94. The van der Waals surface area contributed by atoms with Crippen molar-refractivity contribution in [2.45, 2.75) is 20.4 Å². The molecule has 0 atom stereocenters. The third-order valence-electron chi connectivity index (χ3n) is 4.04. The number of aliphatic imine (C=N–C) groups is 1. The van der Waals surface area contributed by atoms with Crippen LogP contribution >= 0.6 is 0 Å². The molecule has 0 radical (unpaired) electrons. The number of ether oxygens (including phenoxy) is 1. The molecule has 0 saturated heterocycles. The standard InChI is InChI=1S/C21H27FN4O2/c1-4-23-21(26-14-16-6-5-7-18(12-16)28-3)25-11-10-24-20(27)17-9-8-15(2)19(22)13-17/h5-9,12-13H,4,10-11,14H2,1-3H3,(H,24,27)(H2,23,25,26). The molecule has 0 aliphatic rings. The van der Waals surface area contributed by atoms with Crippen LogP contribution in [0.5, 0.6) is 5.75 Å². The number of methoxy groups -OCH3 is 1. The van der Waals surface area contributed by atoms with Crippen LogP contribution in [-0.2, 0) is 6.54 Å². The van der Waals surface area contributed by atoms with Gasteiger partial charge in [0, 0.05) is 25.2 Å². The van der Waals surface area contributed by atoms with Gasteiger partial charge in [-0.3, -0.25) is 4.79 Å². The molecule has 0 aliphatic heterocycles. The Morgan fingerprint density at radius 2 is 1.89 bits per heavy atom. The topological polar surface area (TPSA) is 74.8 Å². The highest BCUT2D eigenvalue weighted by atomic mass is 19.1. The molecule has 0 bridgehead atoms. The summed E-state index contributed by atoms with van der Waals surface area (Å²) in [6.07, 6.45) is 0. The Morgan fingerprint density at radius 1 is 1.11 bits per heavy atom. The van der Waals surface area contributed by atoms with E-state index in [-0.39, 0.29) is 11.7 Å². The van der Waals surface area contributed by atoms with Crippen LogP contribution in [-0.4, -0.2) is 38.6 Å². The van der Waals surface area contributed by atoms with Crippen molar-refractivity contribution in [3.63, 3.8) is 0 Å². The summed E-state index contributed by atoms with van der Waals surface area (Å²) in [5, 5.41) is 9.09. The van der Waals surface area contributed by atoms with Gasteiger partial charge in [-0.1, -0.05) is 18.2 Å². The molecule has 6 nitrogen and oxygen atoms in total. The van der Waals surface area contributed by atoms with Crippen molar-refractivity contribution in [3.05, 3.63) is 65.0 Å². The Labute approximate surface area is 165 Å². The van der Waals surface area contributed by atoms with Gasteiger partial charge in [0.25, 0.3) is 5.91 Å². The second-order valence-electron chi connectivity index (χ2n) is 6.19. The van der Waals surface area contributed by atoms with Gasteiger partial charge in [0.05, 0.1) is 13.7 Å². The molecular weight excluding hydrogens is 359 g/mol. The number of hydrogen-bond donors (Lipinski definition) is 3. The van der Waals surface area contributed by atoms with Crippen LogP contribution in [0, 0.1) is 12.7 Å². The van der Waals surface area contributed by atoms with Crippen molar-refractivity contribution in [3.8, 4) is 5.75 Å². The third kappa shape index (κ3) is 6.57. The second kappa shape index (κ2) is 10.9. The maximum absolute atomic E-state index is 13.6. The maximum Gasteiger partial charge on any atom is 0.251 e. The van der Waals surface area contributed by atoms with Gasteiger partial charge >= 0.3 is 0 Å². The van der Waals surface area contributed by atoms with Crippen molar-refractivity contribution in [2.75, 3.05) is 26.7 Å². The average molecular weight is 386 g/mol. The summed E-state index contributed by atoms with van der Waals surface area (Å²) < 4.78 is 18.8. The zero-order chi connectivity index (χ0) is 20.4. The summed E-state index contributed by atoms with van der Waals surface area (Å²) in [6, 6.07) is 12.2. The number of hydrogen-bond acceptors (Lipinski definition) is 3. The van der Waals surface area contributed by atoms with Crippen molar-refractivity contribution in [2.24, 2.45) is 4.99 Å². The van der Waals surface area contributed by atoms with E-state index >= 15 is 0 Å². The molecule has 0 unspecified atom stereocenters. The first-order valence-corrected chi connectivity index (χ1v) is 9.23. The van der Waals surface area contributed by atoms with E-state index in [2.05, 4.69) is 20.9 Å². The van der Waals surface area contributed by atoms with Crippen LogP contribution in [0.3, 0.4) is 0 Å². The number of halogens is 1. The monoisotopic (exact) mass is 386 g/mol. The Hall–Kier alpha value is -3.09. The smallest absolute Gasteiger partial charge is 0.251 e. The van der Waals surface area contributed by atoms with E-state index in [1.165, 1.54) is 6.07 Å². The lowest BCUT2D eigenvalue weighted by Crippen LogP contribution is -2.41. The number of carbonyl (C=O) groups is 1. The van der Waals surface area contributed by atoms with Gasteiger partial charge in [-0.15, -0.1) is 0 Å². The van der Waals surface area contributed by atoms with E-state index < -0.39 is 0 Å². The molecule has 7 heteroatoms. The zero-order valence-corrected chi connectivity index (χ0v) is 16.5. The first-order valence-electron chi connectivity index (χ1n) is 9.23. The lowest BCUT2D eigenvalue weighted by molar-refractivity contribution is 0.0954. The van der Waals surface area contributed by atoms with Gasteiger partial charge < -0.3 is 20.7 Å². The summed E-state index contributed by atoms with van der Waals surface area (Å²) in [6.45, 7) is 5.74. The fourth-order valence-electron chi connectivity index (χ4n) is 2.48. The van der Waals surface area contributed by atoms with Crippen molar-refractivity contribution in [1.82, 2.24) is 16.0 Å². The molecule has 2 aromatic rings. The predicted molar refractivity (Wildman–Crippen MR) is 109 cm³/mol. The number of carbonyl (C=O) groups excluding carboxylic acids is 1. The number of rotatable bonds is 8. The Kier molecular flexibility index (Phi) is 8.27. The van der Waals surface area contributed by atoms with Crippen molar-refractivity contribution < 1.29 is 13.9 Å². The average Bonchev–Trinajstić information content (AvgIpc) is 2.71. The molecule has 0 fully saturated rings. The summed E-state index contributed by atoms with van der Waals surface area (Å²) in [5.74, 6) is 0.755. The first-order chi connectivity index (χ1) is 13.5. The minimum atomic E-state index is -0.384. The van der Waals surface area contributed by atoms with E-state index in [4.69, 9.17) is 4.74 Å². The molecule has 0 saturated carbocycles. The van der Waals surface area contributed by atoms with E-state index in [9.17, 15) is 9.18 Å². The minimum Gasteiger partial charge on any atom is -0.497 e. The van der Waals surface area contributed by atoms with Crippen LogP contribution in [0.4, 0.5) is 4.39 Å². The van der Waals surface area contributed by atoms with Crippen LogP contribution in [0.25, 0.3) is 0 Å². The third-order valence-corrected chi connectivity index (χ3v) is 4.04. The van der Waals surface area contributed by atoms with Crippen LogP contribution in [0.2, 0.25) is 0 Å². The molecule has 0 spiro atoms. The number of aryl methyl sites for hydroxylation is 1. The van der Waals surface area contributed by atoms with Gasteiger partial charge in [0.2, 0.25) is 0 Å². The Balaban J connectivity index is 1.83. The molecule has 0 aliphatic carbocycles. The fraction of sp³-hybridized carbons (Fsp3) is 0.333. The van der Waals surface area contributed by atoms with Crippen LogP contribution < -0.4 is 20.7 Å². The molecule has 150 valence electrons. The lowest BCUT2D eigenvalue weighted by Gasteiger charge is -2.12. The highest BCUT2D eigenvalue weighted by Gasteiger charge is 2.07. The van der Waals surface area contributed by atoms with Gasteiger partial charge in [0.15, 0.2) is 5.96 Å². The molecule has 2 aromatic carbocycles. The lowest BCUT2D eigenvalue weighted by atomic mass is 10.1. The predicted octanol–water partition coefficient (Wildman–Crippen LogP) is 2.63. The minimum absolute atomic E-state index is 0.306. The van der Waals surface area contributed by atoms with Crippen molar-refractivity contribution >= 4 is 11.9 Å². The summed E-state index contributed by atoms with van der Waals surface area (Å²) in [7, 11) is 1.63. The number of nitrogens with one attached hydrogen (secondary N) is 3. The first kappa shape index (κ1) is 21.2. The molecule has 0 heterocycles. The Bertz CT molecular complexity index is 824. The quantitative estimate of drug-likeness (QED) is 0.370. The number of benzene rings is 2. The highest BCUT2D eigenvalue weighted by Crippen LogP contribution is 2.13. The van der Waals surface area contributed by atoms with Gasteiger partial charge in [-0.2, -0.15) is 0 Å². The second-order valence-corrected chi connectivity index (χ2v) is 6.19. The zero-order valence-electron chi connectivity index (χ0n) is 16.5.